The third kappa shape index (κ3) is 3.95. The van der Waals surface area contributed by atoms with Crippen LogP contribution in [0.3, 0.4) is 0 Å². The molecule has 1 aliphatic heterocycles. The van der Waals surface area contributed by atoms with E-state index in [0.29, 0.717) is 18.8 Å². The normalized spacial score (nSPS) is 17.0. The highest BCUT2D eigenvalue weighted by atomic mass is 16.5. The Balaban J connectivity index is 2.03. The first-order valence-corrected chi connectivity index (χ1v) is 6.98. The summed E-state index contributed by atoms with van der Waals surface area (Å²) in [6, 6.07) is 7.35. The number of rotatable bonds is 4. The number of nitrogens with one attached hydrogen (secondary N) is 1. The highest BCUT2D eigenvalue weighted by Crippen LogP contribution is 2.16. The van der Waals surface area contributed by atoms with Crippen LogP contribution < -0.4 is 5.32 Å². The van der Waals surface area contributed by atoms with Gasteiger partial charge in [0.05, 0.1) is 0 Å². The van der Waals surface area contributed by atoms with Gasteiger partial charge in [-0.1, -0.05) is 30.3 Å². The lowest BCUT2D eigenvalue weighted by Gasteiger charge is -2.32. The predicted octanol–water partition coefficient (Wildman–Crippen LogP) is 1.63. The molecule has 2 N–H and O–H groups in total. The number of hydrogen-bond acceptors (Lipinski definition) is 3. The number of benzene rings is 1. The predicted molar refractivity (Wildman–Crippen MR) is 77.0 cm³/mol. The van der Waals surface area contributed by atoms with Crippen LogP contribution >= 0.6 is 0 Å². The largest absolute Gasteiger partial charge is 0.479 e. The van der Waals surface area contributed by atoms with E-state index in [1.54, 1.807) is 42.3 Å². The van der Waals surface area contributed by atoms with E-state index in [0.717, 1.165) is 12.8 Å². The van der Waals surface area contributed by atoms with Crippen LogP contribution in [0, 0.1) is 0 Å². The van der Waals surface area contributed by atoms with Crippen LogP contribution in [-0.4, -0.2) is 48.3 Å². The van der Waals surface area contributed by atoms with E-state index in [1.807, 2.05) is 0 Å². The van der Waals surface area contributed by atoms with E-state index in [1.165, 1.54) is 0 Å². The van der Waals surface area contributed by atoms with Gasteiger partial charge in [0.2, 0.25) is 0 Å². The Bertz CT molecular complexity index is 486. The Labute approximate surface area is 123 Å². The molecule has 1 heterocycles. The minimum absolute atomic E-state index is 0.0870. The number of carboxylic acids is 1. The maximum absolute atomic E-state index is 12.2. The lowest BCUT2D eigenvalue weighted by Crippen LogP contribution is -2.48. The van der Waals surface area contributed by atoms with E-state index in [2.05, 4.69) is 5.32 Å². The fourth-order valence-corrected chi connectivity index (χ4v) is 2.40. The van der Waals surface area contributed by atoms with Gasteiger partial charge in [0.15, 0.2) is 6.04 Å². The Morgan fingerprint density at radius 1 is 1.29 bits per heavy atom. The summed E-state index contributed by atoms with van der Waals surface area (Å²) in [4.78, 5) is 25.2. The summed E-state index contributed by atoms with van der Waals surface area (Å²) in [6.07, 6.45) is 1.54. The first kappa shape index (κ1) is 15.3. The van der Waals surface area contributed by atoms with Crippen LogP contribution in [0.1, 0.15) is 24.4 Å². The van der Waals surface area contributed by atoms with Crippen LogP contribution in [0.5, 0.6) is 0 Å². The molecule has 1 aromatic carbocycles. The van der Waals surface area contributed by atoms with Gasteiger partial charge in [-0.15, -0.1) is 0 Å². The Hall–Kier alpha value is -2.08. The van der Waals surface area contributed by atoms with Crippen LogP contribution in [0.4, 0.5) is 4.79 Å². The monoisotopic (exact) mass is 292 g/mol. The SMILES string of the molecule is CN(C(=O)N[C@@H](C(=O)O)c1ccccc1)C1CCOCC1. The molecule has 21 heavy (non-hydrogen) atoms. The molecule has 114 valence electrons. The van der Waals surface area contributed by atoms with Crippen molar-refractivity contribution in [2.45, 2.75) is 24.9 Å². The van der Waals surface area contributed by atoms with Crippen LogP contribution in [0.25, 0.3) is 0 Å². The number of hydrogen-bond donors (Lipinski definition) is 2. The third-order valence-electron chi connectivity index (χ3n) is 3.71. The van der Waals surface area contributed by atoms with E-state index in [-0.39, 0.29) is 12.1 Å². The molecule has 0 spiro atoms. The van der Waals surface area contributed by atoms with Gasteiger partial charge < -0.3 is 20.1 Å². The van der Waals surface area contributed by atoms with Crippen LogP contribution in [0.2, 0.25) is 0 Å². The minimum Gasteiger partial charge on any atom is -0.479 e. The van der Waals surface area contributed by atoms with Gasteiger partial charge in [-0.05, 0) is 18.4 Å². The van der Waals surface area contributed by atoms with E-state index < -0.39 is 12.0 Å². The minimum atomic E-state index is -1.07. The van der Waals surface area contributed by atoms with Gasteiger partial charge >= 0.3 is 12.0 Å². The van der Waals surface area contributed by atoms with Crippen molar-refractivity contribution in [2.24, 2.45) is 0 Å². The molecule has 2 rings (SSSR count). The second-order valence-corrected chi connectivity index (χ2v) is 5.09. The molecule has 1 atom stereocenters. The number of carboxylic acid groups (broad SMARTS) is 1. The van der Waals surface area contributed by atoms with Crippen molar-refractivity contribution < 1.29 is 19.4 Å². The van der Waals surface area contributed by atoms with Crippen LogP contribution in [-0.2, 0) is 9.53 Å². The number of nitrogens with zero attached hydrogens (tertiary/aromatic N) is 1. The molecule has 0 bridgehead atoms. The number of amides is 2. The number of ether oxygens (including phenoxy) is 1. The Kier molecular flexibility index (Phi) is 5.16. The second-order valence-electron chi connectivity index (χ2n) is 5.09. The van der Waals surface area contributed by atoms with Gasteiger partial charge in [-0.25, -0.2) is 9.59 Å². The standard InChI is InChI=1S/C15H20N2O4/c1-17(12-7-9-21-10-8-12)15(20)16-13(14(18)19)11-5-3-2-4-6-11/h2-6,12-13H,7-10H2,1H3,(H,16,20)(H,18,19)/t13-/m1/s1. The number of carbonyl (C=O) groups is 2. The topological polar surface area (TPSA) is 78.9 Å². The highest BCUT2D eigenvalue weighted by molar-refractivity contribution is 5.83. The summed E-state index contributed by atoms with van der Waals surface area (Å²) in [6.45, 7) is 1.26. The molecule has 0 unspecified atom stereocenters. The molecule has 0 aromatic heterocycles. The molecule has 2 amide bonds. The summed E-state index contributed by atoms with van der Waals surface area (Å²) >= 11 is 0. The molecule has 1 aliphatic rings. The Morgan fingerprint density at radius 2 is 1.90 bits per heavy atom. The molecule has 1 fully saturated rings. The smallest absolute Gasteiger partial charge is 0.330 e. The molecule has 6 heteroatoms. The summed E-state index contributed by atoms with van der Waals surface area (Å²) in [5.74, 6) is -1.07. The average molecular weight is 292 g/mol. The quantitative estimate of drug-likeness (QED) is 0.884. The first-order valence-electron chi connectivity index (χ1n) is 6.98. The van der Waals surface area contributed by atoms with Gasteiger partial charge in [-0.3, -0.25) is 0 Å². The maximum Gasteiger partial charge on any atom is 0.330 e. The van der Waals surface area contributed by atoms with Gasteiger partial charge in [0.25, 0.3) is 0 Å². The molecule has 1 saturated heterocycles. The zero-order valence-electron chi connectivity index (χ0n) is 12.0. The second kappa shape index (κ2) is 7.08. The van der Waals surface area contributed by atoms with Crippen molar-refractivity contribution in [1.29, 1.82) is 0 Å². The maximum atomic E-state index is 12.2. The summed E-state index contributed by atoms with van der Waals surface area (Å²) in [5.41, 5.74) is 0.554. The van der Waals surface area contributed by atoms with Crippen molar-refractivity contribution in [3.05, 3.63) is 35.9 Å². The molecule has 0 saturated carbocycles. The summed E-state index contributed by atoms with van der Waals surface area (Å²) in [5, 5.41) is 11.9. The van der Waals surface area contributed by atoms with Crippen LogP contribution in [0.15, 0.2) is 30.3 Å². The van der Waals surface area contributed by atoms with Gasteiger partial charge in [-0.2, -0.15) is 0 Å². The summed E-state index contributed by atoms with van der Waals surface area (Å²) < 4.78 is 5.27. The highest BCUT2D eigenvalue weighted by Gasteiger charge is 2.27. The number of urea groups is 1. The number of carbonyl (C=O) groups excluding carboxylic acids is 1. The van der Waals surface area contributed by atoms with Crippen molar-refractivity contribution in [3.8, 4) is 0 Å². The van der Waals surface area contributed by atoms with Crippen molar-refractivity contribution in [2.75, 3.05) is 20.3 Å². The number of aliphatic carboxylic acids is 1. The first-order chi connectivity index (χ1) is 10.1. The molecular weight excluding hydrogens is 272 g/mol. The van der Waals surface area contributed by atoms with Crippen molar-refractivity contribution in [1.82, 2.24) is 10.2 Å². The zero-order valence-corrected chi connectivity index (χ0v) is 12.0. The lowest BCUT2D eigenvalue weighted by atomic mass is 10.1. The lowest BCUT2D eigenvalue weighted by molar-refractivity contribution is -0.139. The zero-order chi connectivity index (χ0) is 15.2. The van der Waals surface area contributed by atoms with Gasteiger partial charge in [0, 0.05) is 26.3 Å². The molecular formula is C15H20N2O4. The van der Waals surface area contributed by atoms with E-state index in [4.69, 9.17) is 4.74 Å². The molecule has 1 aromatic rings. The Morgan fingerprint density at radius 3 is 2.48 bits per heavy atom. The molecule has 0 radical (unpaired) electrons. The fraction of sp³-hybridized carbons (Fsp3) is 0.467. The molecule has 6 nitrogen and oxygen atoms in total. The van der Waals surface area contributed by atoms with E-state index >= 15 is 0 Å². The van der Waals surface area contributed by atoms with Gasteiger partial charge in [0.1, 0.15) is 0 Å². The van der Waals surface area contributed by atoms with Crippen molar-refractivity contribution >= 4 is 12.0 Å². The molecule has 0 aliphatic carbocycles. The summed E-state index contributed by atoms with van der Waals surface area (Å²) in [7, 11) is 1.69. The fourth-order valence-electron chi connectivity index (χ4n) is 2.40. The van der Waals surface area contributed by atoms with Crippen molar-refractivity contribution in [3.63, 3.8) is 0 Å². The van der Waals surface area contributed by atoms with E-state index in [9.17, 15) is 14.7 Å². The average Bonchev–Trinajstić information content (AvgIpc) is 2.53. The third-order valence-corrected chi connectivity index (χ3v) is 3.71.